The van der Waals surface area contributed by atoms with Crippen LogP contribution in [0, 0.1) is 0 Å². The molecule has 0 amide bonds. The lowest BCUT2D eigenvalue weighted by Crippen LogP contribution is -1.92. The molecule has 0 radical (unpaired) electrons. The van der Waals surface area contributed by atoms with Crippen LogP contribution in [0.2, 0.25) is 0 Å². The maximum absolute atomic E-state index is 5.99. The Morgan fingerprint density at radius 2 is 1.95 bits per heavy atom. The zero-order chi connectivity index (χ0) is 14.8. The van der Waals surface area contributed by atoms with Gasteiger partial charge in [0.1, 0.15) is 5.75 Å². The predicted molar refractivity (Wildman–Crippen MR) is 83.8 cm³/mol. The molecule has 0 aliphatic carbocycles. The lowest BCUT2D eigenvalue weighted by molar-refractivity contribution is 0.414. The van der Waals surface area contributed by atoms with Crippen molar-refractivity contribution in [1.82, 2.24) is 10.1 Å². The molecule has 0 aliphatic heterocycles. The summed E-state index contributed by atoms with van der Waals surface area (Å²) in [5.41, 5.74) is 8.06. The van der Waals surface area contributed by atoms with Crippen molar-refractivity contribution in [3.8, 4) is 28.6 Å². The lowest BCUT2D eigenvalue weighted by atomic mass is 10.1. The molecule has 0 atom stereocenters. The van der Waals surface area contributed by atoms with Gasteiger partial charge in [0.2, 0.25) is 5.82 Å². The second-order valence-corrected chi connectivity index (χ2v) is 5.21. The molecule has 6 heteroatoms. The van der Waals surface area contributed by atoms with Crippen LogP contribution >= 0.6 is 15.9 Å². The van der Waals surface area contributed by atoms with Crippen molar-refractivity contribution in [2.75, 3.05) is 12.8 Å². The molecule has 3 rings (SSSR count). The number of benzene rings is 2. The first kappa shape index (κ1) is 13.6. The number of aromatic nitrogens is 2. The molecule has 1 heterocycles. The molecule has 3 aromatic rings. The van der Waals surface area contributed by atoms with E-state index in [1.165, 1.54) is 0 Å². The van der Waals surface area contributed by atoms with Crippen LogP contribution in [-0.4, -0.2) is 17.3 Å². The van der Waals surface area contributed by atoms with E-state index in [1.54, 1.807) is 25.3 Å². The largest absolute Gasteiger partial charge is 0.497 e. The predicted octanol–water partition coefficient (Wildman–Crippen LogP) is 3.76. The molecule has 21 heavy (non-hydrogen) atoms. The third kappa shape index (κ3) is 2.62. The first-order valence-corrected chi connectivity index (χ1v) is 7.01. The van der Waals surface area contributed by atoms with Gasteiger partial charge in [-0.25, -0.2) is 0 Å². The second kappa shape index (κ2) is 5.57. The number of rotatable bonds is 3. The lowest BCUT2D eigenvalue weighted by Gasteiger charge is -2.03. The molecule has 2 N–H and O–H groups in total. The zero-order valence-electron chi connectivity index (χ0n) is 11.2. The van der Waals surface area contributed by atoms with E-state index in [4.69, 9.17) is 15.0 Å². The van der Waals surface area contributed by atoms with Crippen molar-refractivity contribution in [3.05, 3.63) is 46.9 Å². The van der Waals surface area contributed by atoms with Crippen molar-refractivity contribution in [1.29, 1.82) is 0 Å². The van der Waals surface area contributed by atoms with Gasteiger partial charge in [-0.15, -0.1) is 0 Å². The van der Waals surface area contributed by atoms with Crippen molar-refractivity contribution >= 4 is 21.6 Å². The van der Waals surface area contributed by atoms with Crippen molar-refractivity contribution in [2.45, 2.75) is 0 Å². The van der Waals surface area contributed by atoms with Crippen LogP contribution in [0.25, 0.3) is 22.8 Å². The highest BCUT2D eigenvalue weighted by Gasteiger charge is 2.15. The minimum Gasteiger partial charge on any atom is -0.497 e. The Balaban J connectivity index is 2.01. The molecule has 0 saturated heterocycles. The number of anilines is 1. The number of hydrogen-bond acceptors (Lipinski definition) is 5. The number of nitrogens with two attached hydrogens (primary N) is 1. The van der Waals surface area contributed by atoms with Crippen LogP contribution < -0.4 is 10.5 Å². The average molecular weight is 346 g/mol. The van der Waals surface area contributed by atoms with Gasteiger partial charge in [0.25, 0.3) is 5.89 Å². The SMILES string of the molecule is COc1ccc(-c2nc(-c3ccccc3Br)no2)c(N)c1. The number of nitrogens with zero attached hydrogens (tertiary/aromatic N) is 2. The van der Waals surface area contributed by atoms with E-state index in [0.29, 0.717) is 28.7 Å². The first-order valence-electron chi connectivity index (χ1n) is 6.21. The highest BCUT2D eigenvalue weighted by Crippen LogP contribution is 2.31. The molecule has 2 aromatic carbocycles. The number of hydrogen-bond donors (Lipinski definition) is 1. The minimum atomic E-state index is 0.376. The topological polar surface area (TPSA) is 74.2 Å². The molecule has 0 bridgehead atoms. The molecule has 0 aliphatic rings. The molecular weight excluding hydrogens is 334 g/mol. The fourth-order valence-electron chi connectivity index (χ4n) is 1.95. The number of nitrogen functional groups attached to an aromatic ring is 1. The van der Waals surface area contributed by atoms with Gasteiger partial charge >= 0.3 is 0 Å². The fraction of sp³-hybridized carbons (Fsp3) is 0.0667. The van der Waals surface area contributed by atoms with Crippen LogP contribution in [-0.2, 0) is 0 Å². The summed E-state index contributed by atoms with van der Waals surface area (Å²) in [6, 6.07) is 13.0. The van der Waals surface area contributed by atoms with Crippen molar-refractivity contribution < 1.29 is 9.26 Å². The quantitative estimate of drug-likeness (QED) is 0.731. The molecule has 0 saturated carbocycles. The summed E-state index contributed by atoms with van der Waals surface area (Å²) in [6.45, 7) is 0. The van der Waals surface area contributed by atoms with Gasteiger partial charge in [-0.3, -0.25) is 0 Å². The maximum Gasteiger partial charge on any atom is 0.260 e. The third-order valence-corrected chi connectivity index (χ3v) is 3.72. The average Bonchev–Trinajstić information content (AvgIpc) is 2.97. The van der Waals surface area contributed by atoms with E-state index in [-0.39, 0.29) is 0 Å². The standard InChI is InChI=1S/C15H12BrN3O2/c1-20-9-6-7-11(13(17)8-9)15-18-14(19-21-15)10-4-2-3-5-12(10)16/h2-8H,17H2,1H3. The van der Waals surface area contributed by atoms with E-state index < -0.39 is 0 Å². The highest BCUT2D eigenvalue weighted by molar-refractivity contribution is 9.10. The van der Waals surface area contributed by atoms with Crippen LogP contribution in [0.4, 0.5) is 5.69 Å². The summed E-state index contributed by atoms with van der Waals surface area (Å²) in [5, 5.41) is 4.00. The molecule has 106 valence electrons. The summed E-state index contributed by atoms with van der Waals surface area (Å²) in [5.74, 6) is 1.57. The molecule has 5 nitrogen and oxygen atoms in total. The summed E-state index contributed by atoms with van der Waals surface area (Å²) >= 11 is 3.47. The molecular formula is C15H12BrN3O2. The summed E-state index contributed by atoms with van der Waals surface area (Å²) in [7, 11) is 1.59. The van der Waals surface area contributed by atoms with Gasteiger partial charge < -0.3 is 15.0 Å². The Labute approximate surface area is 129 Å². The number of methoxy groups -OCH3 is 1. The zero-order valence-corrected chi connectivity index (χ0v) is 12.8. The highest BCUT2D eigenvalue weighted by atomic mass is 79.9. The Bertz CT molecular complexity index is 786. The van der Waals surface area contributed by atoms with Crippen molar-refractivity contribution in [2.24, 2.45) is 0 Å². The monoisotopic (exact) mass is 345 g/mol. The van der Waals surface area contributed by atoms with Gasteiger partial charge in [0.05, 0.1) is 12.7 Å². The van der Waals surface area contributed by atoms with Crippen LogP contribution in [0.15, 0.2) is 51.5 Å². The minimum absolute atomic E-state index is 0.376. The van der Waals surface area contributed by atoms with Gasteiger partial charge in [-0.1, -0.05) is 33.2 Å². The van der Waals surface area contributed by atoms with E-state index >= 15 is 0 Å². The van der Waals surface area contributed by atoms with Gasteiger partial charge in [0, 0.05) is 21.8 Å². The van der Waals surface area contributed by atoms with E-state index in [0.717, 1.165) is 10.0 Å². The van der Waals surface area contributed by atoms with Gasteiger partial charge in [-0.05, 0) is 24.3 Å². The Morgan fingerprint density at radius 1 is 1.14 bits per heavy atom. The Kier molecular flexibility index (Phi) is 3.62. The fourth-order valence-corrected chi connectivity index (χ4v) is 2.41. The van der Waals surface area contributed by atoms with E-state index in [2.05, 4.69) is 26.1 Å². The summed E-state index contributed by atoms with van der Waals surface area (Å²) in [6.07, 6.45) is 0. The smallest absolute Gasteiger partial charge is 0.260 e. The first-order chi connectivity index (χ1) is 10.2. The van der Waals surface area contributed by atoms with Crippen molar-refractivity contribution in [3.63, 3.8) is 0 Å². The molecule has 1 aromatic heterocycles. The van der Waals surface area contributed by atoms with Crippen LogP contribution in [0.3, 0.4) is 0 Å². The van der Waals surface area contributed by atoms with Crippen LogP contribution in [0.1, 0.15) is 0 Å². The van der Waals surface area contributed by atoms with Gasteiger partial charge in [-0.2, -0.15) is 4.98 Å². The normalized spacial score (nSPS) is 10.6. The van der Waals surface area contributed by atoms with E-state index in [1.807, 2.05) is 24.3 Å². The Hall–Kier alpha value is -2.34. The summed E-state index contributed by atoms with van der Waals surface area (Å²) in [4.78, 5) is 4.40. The maximum atomic E-state index is 5.99. The summed E-state index contributed by atoms with van der Waals surface area (Å²) < 4.78 is 11.3. The number of halogens is 1. The van der Waals surface area contributed by atoms with Gasteiger partial charge in [0.15, 0.2) is 0 Å². The third-order valence-electron chi connectivity index (χ3n) is 3.03. The molecule has 0 fully saturated rings. The molecule has 0 spiro atoms. The molecule has 0 unspecified atom stereocenters. The second-order valence-electron chi connectivity index (χ2n) is 4.36. The van der Waals surface area contributed by atoms with E-state index in [9.17, 15) is 0 Å². The Morgan fingerprint density at radius 3 is 2.67 bits per heavy atom. The van der Waals surface area contributed by atoms with Crippen LogP contribution in [0.5, 0.6) is 5.75 Å². The number of ether oxygens (including phenoxy) is 1.